The molecule has 0 saturated carbocycles. The Morgan fingerprint density at radius 3 is 2.52 bits per heavy atom. The minimum absolute atomic E-state index is 0.199. The summed E-state index contributed by atoms with van der Waals surface area (Å²) in [6, 6.07) is 15.7. The van der Waals surface area contributed by atoms with Crippen LogP contribution in [0.1, 0.15) is 21.5 Å². The number of carbonyl (C=O) groups excluding carboxylic acids is 2. The summed E-state index contributed by atoms with van der Waals surface area (Å²) in [5.41, 5.74) is 1.47. The van der Waals surface area contributed by atoms with Gasteiger partial charge >= 0.3 is 5.97 Å². The highest BCUT2D eigenvalue weighted by molar-refractivity contribution is 5.91. The first-order chi connectivity index (χ1) is 12.1. The van der Waals surface area contributed by atoms with E-state index in [1.807, 2.05) is 6.07 Å². The molecule has 6 nitrogen and oxygen atoms in total. The third kappa shape index (κ3) is 4.58. The molecule has 1 amide bonds. The van der Waals surface area contributed by atoms with Gasteiger partial charge in [0.1, 0.15) is 11.8 Å². The van der Waals surface area contributed by atoms with Gasteiger partial charge < -0.3 is 14.4 Å². The molecular weight excluding hydrogens is 320 g/mol. The topological polar surface area (TPSA) is 79.6 Å². The quantitative estimate of drug-likeness (QED) is 0.756. The Hall–Kier alpha value is -3.33. The van der Waals surface area contributed by atoms with Gasteiger partial charge in [-0.2, -0.15) is 5.26 Å². The fraction of sp³-hybridized carbons (Fsp3) is 0.211. The number of benzene rings is 2. The Labute approximate surface area is 146 Å². The number of nitrogens with zero attached hydrogens (tertiary/aromatic N) is 2. The van der Waals surface area contributed by atoms with Crippen LogP contribution in [0.15, 0.2) is 48.5 Å². The van der Waals surface area contributed by atoms with Crippen molar-refractivity contribution in [2.45, 2.75) is 6.54 Å². The molecule has 0 bridgehead atoms. The van der Waals surface area contributed by atoms with Gasteiger partial charge in [0.2, 0.25) is 0 Å². The van der Waals surface area contributed by atoms with Crippen LogP contribution in [0.3, 0.4) is 0 Å². The molecule has 0 N–H and O–H groups in total. The van der Waals surface area contributed by atoms with E-state index in [0.717, 1.165) is 0 Å². The highest BCUT2D eigenvalue weighted by atomic mass is 16.5. The molecule has 0 atom stereocenters. The lowest BCUT2D eigenvalue weighted by molar-refractivity contribution is -0.132. The van der Waals surface area contributed by atoms with Crippen molar-refractivity contribution < 1.29 is 19.1 Å². The lowest BCUT2D eigenvalue weighted by Gasteiger charge is -2.19. The molecule has 0 spiro atoms. The Balaban J connectivity index is 2.02. The Morgan fingerprint density at radius 2 is 1.80 bits per heavy atom. The molecule has 128 valence electrons. The monoisotopic (exact) mass is 338 g/mol. The molecule has 0 saturated heterocycles. The SMILES string of the molecule is COC(=O)c1ccccc1CN(C)C(=O)COc1ccccc1C#N. The van der Waals surface area contributed by atoms with Crippen LogP contribution < -0.4 is 4.74 Å². The van der Waals surface area contributed by atoms with E-state index < -0.39 is 5.97 Å². The molecular formula is C19H18N2O4. The van der Waals surface area contributed by atoms with Crippen LogP contribution in [0.25, 0.3) is 0 Å². The lowest BCUT2D eigenvalue weighted by Crippen LogP contribution is -2.31. The van der Waals surface area contributed by atoms with E-state index in [2.05, 4.69) is 0 Å². The van der Waals surface area contributed by atoms with Crippen molar-refractivity contribution in [3.8, 4) is 11.8 Å². The summed E-state index contributed by atoms with van der Waals surface area (Å²) in [4.78, 5) is 25.5. The number of para-hydroxylation sites is 1. The second kappa shape index (κ2) is 8.50. The van der Waals surface area contributed by atoms with Crippen LogP contribution in [0, 0.1) is 11.3 Å². The first-order valence-electron chi connectivity index (χ1n) is 7.59. The van der Waals surface area contributed by atoms with E-state index in [9.17, 15) is 9.59 Å². The number of esters is 1. The predicted octanol–water partition coefficient (Wildman–Crippen LogP) is 2.38. The average Bonchev–Trinajstić information content (AvgIpc) is 2.66. The third-order valence-electron chi connectivity index (χ3n) is 3.61. The molecule has 0 aliphatic carbocycles. The summed E-state index contributed by atoms with van der Waals surface area (Å²) in [5.74, 6) is -0.357. The van der Waals surface area contributed by atoms with E-state index in [1.54, 1.807) is 55.6 Å². The smallest absolute Gasteiger partial charge is 0.338 e. The van der Waals surface area contributed by atoms with Crippen molar-refractivity contribution in [2.75, 3.05) is 20.8 Å². The molecule has 2 aromatic rings. The number of hydrogen-bond donors (Lipinski definition) is 0. The van der Waals surface area contributed by atoms with E-state index >= 15 is 0 Å². The molecule has 2 rings (SSSR count). The van der Waals surface area contributed by atoms with Crippen LogP contribution in [0.5, 0.6) is 5.75 Å². The van der Waals surface area contributed by atoms with Crippen molar-refractivity contribution in [3.63, 3.8) is 0 Å². The van der Waals surface area contributed by atoms with Crippen molar-refractivity contribution in [2.24, 2.45) is 0 Å². The second-order valence-electron chi connectivity index (χ2n) is 5.30. The van der Waals surface area contributed by atoms with E-state index in [1.165, 1.54) is 12.0 Å². The summed E-state index contributed by atoms with van der Waals surface area (Å²) < 4.78 is 10.2. The third-order valence-corrected chi connectivity index (χ3v) is 3.61. The van der Waals surface area contributed by atoms with E-state index in [0.29, 0.717) is 22.4 Å². The summed E-state index contributed by atoms with van der Waals surface area (Å²) in [6.45, 7) is 0.0446. The molecule has 0 aliphatic rings. The zero-order valence-electron chi connectivity index (χ0n) is 14.1. The zero-order valence-corrected chi connectivity index (χ0v) is 14.1. The fourth-order valence-electron chi connectivity index (χ4n) is 2.25. The summed E-state index contributed by atoms with van der Waals surface area (Å²) in [6.07, 6.45) is 0. The van der Waals surface area contributed by atoms with Gasteiger partial charge in [0.25, 0.3) is 5.91 Å². The first-order valence-corrected chi connectivity index (χ1v) is 7.59. The van der Waals surface area contributed by atoms with Gasteiger partial charge in [0.15, 0.2) is 6.61 Å². The van der Waals surface area contributed by atoms with Gasteiger partial charge in [0, 0.05) is 13.6 Å². The summed E-state index contributed by atoms with van der Waals surface area (Å²) in [7, 11) is 2.93. The van der Waals surface area contributed by atoms with Gasteiger partial charge in [-0.3, -0.25) is 4.79 Å². The maximum atomic E-state index is 12.3. The highest BCUT2D eigenvalue weighted by Gasteiger charge is 2.16. The van der Waals surface area contributed by atoms with E-state index in [4.69, 9.17) is 14.7 Å². The first kappa shape index (κ1) is 18.0. The van der Waals surface area contributed by atoms with Crippen LogP contribution >= 0.6 is 0 Å². The maximum Gasteiger partial charge on any atom is 0.338 e. The second-order valence-corrected chi connectivity index (χ2v) is 5.30. The van der Waals surface area contributed by atoms with Gasteiger partial charge in [0.05, 0.1) is 18.2 Å². The Bertz CT molecular complexity index is 811. The highest BCUT2D eigenvalue weighted by Crippen LogP contribution is 2.17. The summed E-state index contributed by atoms with van der Waals surface area (Å²) in [5, 5.41) is 9.02. The number of ether oxygens (including phenoxy) is 2. The maximum absolute atomic E-state index is 12.3. The molecule has 0 radical (unpaired) electrons. The van der Waals surface area contributed by atoms with Crippen molar-refractivity contribution in [1.29, 1.82) is 5.26 Å². The standard InChI is InChI=1S/C19H18N2O4/c1-21(12-15-8-3-5-9-16(15)19(23)24-2)18(22)13-25-17-10-6-4-7-14(17)11-20/h3-10H,12-13H2,1-2H3. The molecule has 0 fully saturated rings. The normalized spacial score (nSPS) is 9.80. The van der Waals surface area contributed by atoms with Crippen LogP contribution in [-0.2, 0) is 16.1 Å². The number of nitriles is 1. The number of rotatable bonds is 6. The van der Waals surface area contributed by atoms with Crippen LogP contribution in [-0.4, -0.2) is 37.5 Å². The number of methoxy groups -OCH3 is 1. The molecule has 0 unspecified atom stereocenters. The average molecular weight is 338 g/mol. The van der Waals surface area contributed by atoms with Crippen LogP contribution in [0.2, 0.25) is 0 Å². The Morgan fingerprint density at radius 1 is 1.12 bits per heavy atom. The van der Waals surface area contributed by atoms with Crippen molar-refractivity contribution >= 4 is 11.9 Å². The molecule has 2 aromatic carbocycles. The fourth-order valence-corrected chi connectivity index (χ4v) is 2.25. The van der Waals surface area contributed by atoms with Gasteiger partial charge in [-0.15, -0.1) is 0 Å². The minimum atomic E-state index is -0.448. The lowest BCUT2D eigenvalue weighted by atomic mass is 10.1. The van der Waals surface area contributed by atoms with Crippen molar-refractivity contribution in [3.05, 3.63) is 65.2 Å². The summed E-state index contributed by atoms with van der Waals surface area (Å²) >= 11 is 0. The van der Waals surface area contributed by atoms with Gasteiger partial charge in [-0.05, 0) is 23.8 Å². The molecule has 0 aromatic heterocycles. The van der Waals surface area contributed by atoms with E-state index in [-0.39, 0.29) is 19.1 Å². The molecule has 0 heterocycles. The molecule has 25 heavy (non-hydrogen) atoms. The largest absolute Gasteiger partial charge is 0.482 e. The number of likely N-dealkylation sites (N-methyl/N-ethyl adjacent to an activating group) is 1. The number of carbonyl (C=O) groups is 2. The van der Waals surface area contributed by atoms with Crippen molar-refractivity contribution in [1.82, 2.24) is 4.90 Å². The number of amides is 1. The zero-order chi connectivity index (χ0) is 18.2. The molecule has 6 heteroatoms. The predicted molar refractivity (Wildman–Crippen MR) is 90.9 cm³/mol. The minimum Gasteiger partial charge on any atom is -0.482 e. The van der Waals surface area contributed by atoms with Crippen LogP contribution in [0.4, 0.5) is 0 Å². The number of hydrogen-bond acceptors (Lipinski definition) is 5. The van der Waals surface area contributed by atoms with Gasteiger partial charge in [-0.1, -0.05) is 30.3 Å². The Kier molecular flexibility index (Phi) is 6.13. The molecule has 0 aliphatic heterocycles. The van der Waals surface area contributed by atoms with Gasteiger partial charge in [-0.25, -0.2) is 4.79 Å².